The van der Waals surface area contributed by atoms with Crippen LogP contribution in [0, 0.1) is 11.8 Å². The van der Waals surface area contributed by atoms with Crippen molar-refractivity contribution in [3.05, 3.63) is 95.6 Å². The second-order valence-electron chi connectivity index (χ2n) is 12.8. The van der Waals surface area contributed by atoms with Gasteiger partial charge in [-0.25, -0.2) is 9.59 Å². The molecule has 228 valence electrons. The van der Waals surface area contributed by atoms with E-state index in [9.17, 15) is 33.0 Å². The van der Waals surface area contributed by atoms with Gasteiger partial charge in [-0.05, 0) is 96.1 Å². The van der Waals surface area contributed by atoms with Crippen LogP contribution in [-0.2, 0) is 16.5 Å². The summed E-state index contributed by atoms with van der Waals surface area (Å²) in [6, 6.07) is 20.9. The van der Waals surface area contributed by atoms with Crippen molar-refractivity contribution in [2.24, 2.45) is 11.8 Å². The van der Waals surface area contributed by atoms with E-state index in [1.807, 2.05) is 51.1 Å². The average molecular weight is 604 g/mol. The van der Waals surface area contributed by atoms with Gasteiger partial charge in [-0.3, -0.25) is 0 Å². The van der Waals surface area contributed by atoms with Gasteiger partial charge in [0.25, 0.3) is 0 Å². The standard InChI is InChI=1S/C35H32F3NO5/c1-33(2,3)44-32(42)39-18-27-17-28(19-39)34(27,43)25-9-6-21(7-10-25)30-16-24(31(40)41)15-23-14-22(8-13-29(23)30)20-4-11-26(12-5-20)35(36,37)38/h4-16,27-28,43H,17-19H2,1-3H3,(H,40,41). The molecule has 6 nitrogen and oxygen atoms in total. The van der Waals surface area contributed by atoms with Crippen molar-refractivity contribution < 1.29 is 37.7 Å². The summed E-state index contributed by atoms with van der Waals surface area (Å²) >= 11 is 0. The maximum Gasteiger partial charge on any atom is 0.416 e. The molecular weight excluding hydrogens is 571 g/mol. The van der Waals surface area contributed by atoms with Crippen LogP contribution in [0.3, 0.4) is 0 Å². The van der Waals surface area contributed by atoms with Gasteiger partial charge in [0.05, 0.1) is 16.7 Å². The number of benzene rings is 4. The quantitative estimate of drug-likeness (QED) is 0.247. The first-order valence-electron chi connectivity index (χ1n) is 14.4. The lowest BCUT2D eigenvalue weighted by Crippen LogP contribution is -2.66. The molecule has 2 atom stereocenters. The minimum Gasteiger partial charge on any atom is -0.478 e. The Morgan fingerprint density at radius 1 is 0.841 bits per heavy atom. The number of ether oxygens (including phenoxy) is 1. The number of alkyl halides is 3. The number of carboxylic acids is 1. The Kier molecular flexibility index (Phi) is 7.00. The van der Waals surface area contributed by atoms with Gasteiger partial charge in [-0.2, -0.15) is 13.2 Å². The molecule has 9 heteroatoms. The number of hydrogen-bond acceptors (Lipinski definition) is 4. The largest absolute Gasteiger partial charge is 0.478 e. The van der Waals surface area contributed by atoms with E-state index in [2.05, 4.69) is 0 Å². The van der Waals surface area contributed by atoms with Crippen LogP contribution in [0.1, 0.15) is 48.7 Å². The van der Waals surface area contributed by atoms with Crippen molar-refractivity contribution in [1.29, 1.82) is 0 Å². The summed E-state index contributed by atoms with van der Waals surface area (Å²) in [6.07, 6.45) is -4.00. The average Bonchev–Trinajstić information content (AvgIpc) is 2.98. The fraction of sp³-hybridized carbons (Fsp3) is 0.314. The highest BCUT2D eigenvalue weighted by atomic mass is 19.4. The van der Waals surface area contributed by atoms with E-state index < -0.39 is 28.9 Å². The SMILES string of the molecule is CC(C)(C)OC(=O)N1CC2CC(C1)C2(O)c1ccc(-c2cc(C(=O)O)cc3cc(-c4ccc(C(F)(F)F)cc4)ccc23)cc1. The molecular formula is C35H32F3NO5. The molecule has 4 aromatic carbocycles. The zero-order valence-corrected chi connectivity index (χ0v) is 24.5. The Morgan fingerprint density at radius 2 is 1.43 bits per heavy atom. The first-order chi connectivity index (χ1) is 20.6. The Labute approximate surface area is 252 Å². The zero-order valence-electron chi connectivity index (χ0n) is 24.5. The molecule has 0 spiro atoms. The minimum absolute atomic E-state index is 0.0792. The van der Waals surface area contributed by atoms with Crippen molar-refractivity contribution in [3.8, 4) is 22.3 Å². The van der Waals surface area contributed by atoms with Crippen LogP contribution in [0.15, 0.2) is 78.9 Å². The molecule has 2 heterocycles. The van der Waals surface area contributed by atoms with E-state index in [1.54, 1.807) is 29.2 Å². The molecule has 3 aliphatic rings. The predicted molar refractivity (Wildman–Crippen MR) is 160 cm³/mol. The van der Waals surface area contributed by atoms with E-state index in [4.69, 9.17) is 4.74 Å². The molecule has 2 aliphatic heterocycles. The van der Waals surface area contributed by atoms with Crippen LogP contribution in [0.4, 0.5) is 18.0 Å². The minimum atomic E-state index is -4.43. The molecule has 2 unspecified atom stereocenters. The number of nitrogens with zero attached hydrogens (tertiary/aromatic N) is 1. The number of halogens is 3. The molecule has 0 radical (unpaired) electrons. The van der Waals surface area contributed by atoms with Gasteiger partial charge in [-0.1, -0.05) is 48.5 Å². The van der Waals surface area contributed by atoms with Gasteiger partial charge in [-0.15, -0.1) is 0 Å². The summed E-state index contributed by atoms with van der Waals surface area (Å²) < 4.78 is 44.6. The lowest BCUT2D eigenvalue weighted by molar-refractivity contribution is -0.200. The number of hydrogen-bond donors (Lipinski definition) is 2. The van der Waals surface area contributed by atoms with E-state index in [1.165, 1.54) is 12.1 Å². The summed E-state index contributed by atoms with van der Waals surface area (Å²) in [5.41, 5.74) is 1.09. The molecule has 1 amide bonds. The molecule has 1 aliphatic carbocycles. The van der Waals surface area contributed by atoms with Crippen molar-refractivity contribution in [1.82, 2.24) is 4.90 Å². The number of rotatable bonds is 4. The number of carbonyl (C=O) groups excluding carboxylic acids is 1. The predicted octanol–water partition coefficient (Wildman–Crippen LogP) is 7.97. The molecule has 44 heavy (non-hydrogen) atoms. The van der Waals surface area contributed by atoms with Gasteiger partial charge in [0.2, 0.25) is 0 Å². The summed E-state index contributed by atoms with van der Waals surface area (Å²) in [5.74, 6) is -1.35. The van der Waals surface area contributed by atoms with Crippen LogP contribution in [0.5, 0.6) is 0 Å². The number of aromatic carboxylic acids is 1. The van der Waals surface area contributed by atoms with Crippen LogP contribution in [0.2, 0.25) is 0 Å². The fourth-order valence-electron chi connectivity index (χ4n) is 6.54. The van der Waals surface area contributed by atoms with Gasteiger partial charge >= 0.3 is 18.2 Å². The third-order valence-electron chi connectivity index (χ3n) is 8.75. The number of carboxylic acid groups (broad SMARTS) is 1. The van der Waals surface area contributed by atoms with Crippen LogP contribution in [0.25, 0.3) is 33.0 Å². The maximum absolute atomic E-state index is 13.0. The van der Waals surface area contributed by atoms with Gasteiger partial charge in [0.15, 0.2) is 0 Å². The van der Waals surface area contributed by atoms with E-state index >= 15 is 0 Å². The first kappa shape index (κ1) is 29.7. The molecule has 2 N–H and O–H groups in total. The topological polar surface area (TPSA) is 87.1 Å². The smallest absolute Gasteiger partial charge is 0.416 e. The second kappa shape index (κ2) is 10.4. The Morgan fingerprint density at radius 3 is 2.00 bits per heavy atom. The molecule has 1 saturated carbocycles. The lowest BCUT2D eigenvalue weighted by Gasteiger charge is -2.59. The molecule has 7 rings (SSSR count). The molecule has 0 aromatic heterocycles. The van der Waals surface area contributed by atoms with Gasteiger partial charge in [0.1, 0.15) is 5.60 Å². The second-order valence-corrected chi connectivity index (χ2v) is 12.8. The molecule has 2 saturated heterocycles. The maximum atomic E-state index is 13.0. The molecule has 3 fully saturated rings. The van der Waals surface area contributed by atoms with Crippen LogP contribution in [-0.4, -0.2) is 45.9 Å². The van der Waals surface area contributed by atoms with E-state index in [-0.39, 0.29) is 23.5 Å². The van der Waals surface area contributed by atoms with E-state index in [0.29, 0.717) is 35.2 Å². The Bertz CT molecular complexity index is 1750. The van der Waals surface area contributed by atoms with Crippen molar-refractivity contribution >= 4 is 22.8 Å². The van der Waals surface area contributed by atoms with Crippen molar-refractivity contribution in [2.45, 2.75) is 44.6 Å². The number of carbonyl (C=O) groups is 2. The van der Waals surface area contributed by atoms with Gasteiger partial charge in [0, 0.05) is 24.9 Å². The summed E-state index contributed by atoms with van der Waals surface area (Å²) in [4.78, 5) is 26.3. The molecule has 4 aromatic rings. The number of aliphatic hydroxyl groups is 1. The third-order valence-corrected chi connectivity index (χ3v) is 8.75. The Hall–Kier alpha value is -4.37. The number of amides is 1. The molecule has 2 bridgehead atoms. The zero-order chi connectivity index (χ0) is 31.6. The van der Waals surface area contributed by atoms with Crippen LogP contribution >= 0.6 is 0 Å². The Balaban J connectivity index is 1.29. The monoisotopic (exact) mass is 603 g/mol. The van der Waals surface area contributed by atoms with Crippen molar-refractivity contribution in [2.75, 3.05) is 13.1 Å². The van der Waals surface area contributed by atoms with Crippen LogP contribution < -0.4 is 0 Å². The summed E-state index contributed by atoms with van der Waals surface area (Å²) in [5, 5.41) is 23.0. The van der Waals surface area contributed by atoms with E-state index in [0.717, 1.165) is 35.1 Å². The first-order valence-corrected chi connectivity index (χ1v) is 14.4. The number of fused-ring (bicyclic) bond motifs is 3. The third kappa shape index (κ3) is 5.30. The summed E-state index contributed by atoms with van der Waals surface area (Å²) in [6.45, 7) is 6.26. The summed E-state index contributed by atoms with van der Waals surface area (Å²) in [7, 11) is 0. The normalized spacial score (nSPS) is 21.6. The number of piperidine rings is 2. The van der Waals surface area contributed by atoms with Crippen molar-refractivity contribution in [3.63, 3.8) is 0 Å². The highest BCUT2D eigenvalue weighted by Gasteiger charge is 2.59. The highest BCUT2D eigenvalue weighted by molar-refractivity contribution is 6.04. The lowest BCUT2D eigenvalue weighted by atomic mass is 9.55. The highest BCUT2D eigenvalue weighted by Crippen LogP contribution is 2.55. The fourth-order valence-corrected chi connectivity index (χ4v) is 6.54. The van der Waals surface area contributed by atoms with Gasteiger partial charge < -0.3 is 19.8 Å².